The number of nitrogens with zero attached hydrogens (tertiary/aromatic N) is 2. The van der Waals surface area contributed by atoms with Crippen LogP contribution in [-0.2, 0) is 0 Å². The van der Waals surface area contributed by atoms with Crippen LogP contribution >= 0.6 is 0 Å². The van der Waals surface area contributed by atoms with Gasteiger partial charge in [0.1, 0.15) is 11.3 Å². The Morgan fingerprint density at radius 2 is 1.66 bits per heavy atom. The van der Waals surface area contributed by atoms with E-state index in [9.17, 15) is 27.2 Å². The molecule has 2 heterocycles. The van der Waals surface area contributed by atoms with Gasteiger partial charge in [-0.25, -0.2) is 17.6 Å². The summed E-state index contributed by atoms with van der Waals surface area (Å²) in [7, 11) is 0. The molecule has 0 radical (unpaired) electrons. The molecule has 2 aromatic heterocycles. The number of amides is 1. The number of fused-ring (bicyclic) bond motifs is 1. The van der Waals surface area contributed by atoms with E-state index in [2.05, 4.69) is 10.1 Å². The number of aromatic amines is 1. The monoisotopic (exact) mass is 402 g/mol. The largest absolute Gasteiger partial charge is 0.317 e. The maximum absolute atomic E-state index is 14.5. The zero-order valence-electron chi connectivity index (χ0n) is 14.3. The van der Waals surface area contributed by atoms with Crippen molar-refractivity contribution in [2.45, 2.75) is 0 Å². The molecule has 2 N–H and O–H groups in total. The molecule has 0 bridgehead atoms. The summed E-state index contributed by atoms with van der Waals surface area (Å²) in [5, 5.41) is 4.05. The van der Waals surface area contributed by atoms with Crippen LogP contribution in [0.25, 0.3) is 16.6 Å². The Kier molecular flexibility index (Phi) is 4.38. The summed E-state index contributed by atoms with van der Waals surface area (Å²) in [5.74, 6) is -8.21. The fourth-order valence-corrected chi connectivity index (χ4v) is 2.92. The third-order valence-electron chi connectivity index (χ3n) is 4.25. The first-order valence-electron chi connectivity index (χ1n) is 8.17. The van der Waals surface area contributed by atoms with E-state index >= 15 is 0 Å². The Morgan fingerprint density at radius 3 is 2.31 bits per heavy atom. The average Bonchev–Trinajstić information content (AvgIpc) is 3.06. The van der Waals surface area contributed by atoms with E-state index in [1.807, 2.05) is 0 Å². The van der Waals surface area contributed by atoms with Crippen molar-refractivity contribution in [3.8, 4) is 11.1 Å². The lowest BCUT2D eigenvalue weighted by Gasteiger charge is -2.13. The van der Waals surface area contributed by atoms with Crippen molar-refractivity contribution in [3.05, 3.63) is 88.1 Å². The molecule has 0 spiro atoms. The van der Waals surface area contributed by atoms with Gasteiger partial charge in [-0.05, 0) is 5.56 Å². The van der Waals surface area contributed by atoms with Gasteiger partial charge in [-0.15, -0.1) is 0 Å². The lowest BCUT2D eigenvalue weighted by molar-refractivity contribution is 0.102. The number of rotatable bonds is 3. The SMILES string of the molecule is O=C(Nc1c(F)c(F)c(-c2ccccc2)c(F)c1F)c1c(=O)[nH]n2ccncc12. The van der Waals surface area contributed by atoms with Crippen LogP contribution in [0.4, 0.5) is 23.2 Å². The van der Waals surface area contributed by atoms with Crippen LogP contribution in [0.3, 0.4) is 0 Å². The van der Waals surface area contributed by atoms with Gasteiger partial charge in [-0.1, -0.05) is 30.3 Å². The number of nitrogens with one attached hydrogen (secondary N) is 2. The van der Waals surface area contributed by atoms with Crippen LogP contribution in [0.1, 0.15) is 10.4 Å². The van der Waals surface area contributed by atoms with Gasteiger partial charge in [0.05, 0.1) is 17.3 Å². The molecule has 0 saturated carbocycles. The fraction of sp³-hybridized carbons (Fsp3) is 0. The number of carbonyl (C=O) groups is 1. The number of halogens is 4. The molecule has 0 unspecified atom stereocenters. The molecule has 0 aliphatic rings. The number of carbonyl (C=O) groups excluding carboxylic acids is 1. The van der Waals surface area contributed by atoms with Gasteiger partial charge in [0.15, 0.2) is 23.3 Å². The molecule has 4 aromatic rings. The molecule has 0 aliphatic heterocycles. The smallest absolute Gasteiger partial charge is 0.277 e. The van der Waals surface area contributed by atoms with Crippen LogP contribution < -0.4 is 10.9 Å². The highest BCUT2D eigenvalue weighted by atomic mass is 19.2. The number of H-pyrrole nitrogens is 1. The molecule has 0 saturated heterocycles. The normalized spacial score (nSPS) is 11.0. The Labute approximate surface area is 159 Å². The Bertz CT molecular complexity index is 1290. The van der Waals surface area contributed by atoms with Gasteiger partial charge < -0.3 is 5.32 Å². The zero-order chi connectivity index (χ0) is 20.7. The average molecular weight is 402 g/mol. The highest BCUT2D eigenvalue weighted by Gasteiger charge is 2.28. The second-order valence-corrected chi connectivity index (χ2v) is 5.97. The molecule has 146 valence electrons. The van der Waals surface area contributed by atoms with Gasteiger partial charge >= 0.3 is 0 Å². The van der Waals surface area contributed by atoms with Crippen molar-refractivity contribution in [1.82, 2.24) is 14.6 Å². The number of anilines is 1. The number of aromatic nitrogens is 3. The summed E-state index contributed by atoms with van der Waals surface area (Å²) in [6.45, 7) is 0. The van der Waals surface area contributed by atoms with Crippen LogP contribution in [0.5, 0.6) is 0 Å². The van der Waals surface area contributed by atoms with Gasteiger partial charge in [0.2, 0.25) is 0 Å². The molecule has 4 rings (SSSR count). The molecule has 6 nitrogen and oxygen atoms in total. The third-order valence-corrected chi connectivity index (χ3v) is 4.25. The Morgan fingerprint density at radius 1 is 1.00 bits per heavy atom. The lowest BCUT2D eigenvalue weighted by atomic mass is 10.0. The van der Waals surface area contributed by atoms with Gasteiger partial charge in [-0.3, -0.25) is 24.2 Å². The summed E-state index contributed by atoms with van der Waals surface area (Å²) in [5.41, 5.74) is -3.72. The van der Waals surface area contributed by atoms with Crippen LogP contribution in [-0.4, -0.2) is 20.5 Å². The number of hydrogen-bond donors (Lipinski definition) is 2. The fourth-order valence-electron chi connectivity index (χ4n) is 2.92. The summed E-state index contributed by atoms with van der Waals surface area (Å²) >= 11 is 0. The van der Waals surface area contributed by atoms with E-state index in [4.69, 9.17) is 0 Å². The van der Waals surface area contributed by atoms with Crippen molar-refractivity contribution in [2.24, 2.45) is 0 Å². The van der Waals surface area contributed by atoms with E-state index in [-0.39, 0.29) is 11.1 Å². The topological polar surface area (TPSA) is 79.3 Å². The minimum atomic E-state index is -1.80. The summed E-state index contributed by atoms with van der Waals surface area (Å²) in [4.78, 5) is 28.2. The molecule has 10 heteroatoms. The van der Waals surface area contributed by atoms with E-state index in [1.54, 1.807) is 11.4 Å². The first-order valence-corrected chi connectivity index (χ1v) is 8.17. The molecule has 0 atom stereocenters. The second kappa shape index (κ2) is 6.89. The molecule has 2 aromatic carbocycles. The first kappa shape index (κ1) is 18.4. The minimum absolute atomic E-state index is 0.0117. The maximum atomic E-state index is 14.5. The standard InChI is InChI=1S/C19H10F4N4O2/c20-13-11(9-4-2-1-3-5-9)14(21)16(23)17(15(13)22)25-18(28)12-10-8-24-6-7-27(10)26-19(12)29/h1-8H,(H,25,28)(H,26,29). The third kappa shape index (κ3) is 2.94. The zero-order valence-corrected chi connectivity index (χ0v) is 14.3. The summed E-state index contributed by atoms with van der Waals surface area (Å²) in [6.07, 6.45) is 3.83. The Hall–Kier alpha value is -3.95. The maximum Gasteiger partial charge on any atom is 0.277 e. The summed E-state index contributed by atoms with van der Waals surface area (Å²) < 4.78 is 59.2. The lowest BCUT2D eigenvalue weighted by Crippen LogP contribution is -2.22. The predicted molar refractivity (Wildman–Crippen MR) is 95.5 cm³/mol. The van der Waals surface area contributed by atoms with Gasteiger partial charge in [0, 0.05) is 12.4 Å². The van der Waals surface area contributed by atoms with Crippen molar-refractivity contribution in [3.63, 3.8) is 0 Å². The highest BCUT2D eigenvalue weighted by molar-refractivity contribution is 6.08. The van der Waals surface area contributed by atoms with E-state index in [0.29, 0.717) is 0 Å². The summed E-state index contributed by atoms with van der Waals surface area (Å²) in [6, 6.07) is 7.00. The predicted octanol–water partition coefficient (Wildman–Crippen LogP) is 3.50. The molecular weight excluding hydrogens is 392 g/mol. The van der Waals surface area contributed by atoms with E-state index in [0.717, 1.165) is 4.52 Å². The van der Waals surface area contributed by atoms with E-state index < -0.39 is 51.5 Å². The van der Waals surface area contributed by atoms with Crippen LogP contribution in [0.2, 0.25) is 0 Å². The van der Waals surface area contributed by atoms with E-state index in [1.165, 1.54) is 42.9 Å². The molecule has 29 heavy (non-hydrogen) atoms. The van der Waals surface area contributed by atoms with Crippen molar-refractivity contribution in [2.75, 3.05) is 5.32 Å². The van der Waals surface area contributed by atoms with Crippen molar-refractivity contribution >= 4 is 17.1 Å². The van der Waals surface area contributed by atoms with Crippen molar-refractivity contribution < 1.29 is 22.4 Å². The van der Waals surface area contributed by atoms with Gasteiger partial charge in [0.25, 0.3) is 11.5 Å². The van der Waals surface area contributed by atoms with Crippen LogP contribution in [0.15, 0.2) is 53.7 Å². The molecule has 1 amide bonds. The first-order chi connectivity index (χ1) is 13.9. The van der Waals surface area contributed by atoms with Crippen LogP contribution in [0, 0.1) is 23.3 Å². The van der Waals surface area contributed by atoms with Gasteiger partial charge in [-0.2, -0.15) is 0 Å². The molecule has 0 aliphatic carbocycles. The molecular formula is C19H10F4N4O2. The quantitative estimate of drug-likeness (QED) is 0.407. The Balaban J connectivity index is 1.81. The number of benzene rings is 2. The molecule has 0 fully saturated rings. The van der Waals surface area contributed by atoms with Crippen molar-refractivity contribution in [1.29, 1.82) is 0 Å². The second-order valence-electron chi connectivity index (χ2n) is 5.97. The minimum Gasteiger partial charge on any atom is -0.317 e. The highest BCUT2D eigenvalue weighted by Crippen LogP contribution is 2.34. The number of hydrogen-bond acceptors (Lipinski definition) is 3.